The third-order valence-electron chi connectivity index (χ3n) is 1.49. The van der Waals surface area contributed by atoms with Crippen molar-refractivity contribution < 1.29 is 9.18 Å². The van der Waals surface area contributed by atoms with Crippen LogP contribution >= 0.6 is 0 Å². The van der Waals surface area contributed by atoms with Crippen LogP contribution in [0.1, 0.15) is 13.8 Å². The number of nitrogens with one attached hydrogen (secondary N) is 1. The van der Waals surface area contributed by atoms with Gasteiger partial charge in [-0.25, -0.2) is 9.07 Å². The molecule has 1 N–H and O–H groups in total. The van der Waals surface area contributed by atoms with Gasteiger partial charge in [-0.05, 0) is 5.92 Å². The van der Waals surface area contributed by atoms with E-state index < -0.39 is 12.1 Å². The molecule has 1 rings (SSSR count). The third-order valence-corrected chi connectivity index (χ3v) is 1.49. The second-order valence-electron chi connectivity index (χ2n) is 2.99. The van der Waals surface area contributed by atoms with Gasteiger partial charge in [-0.1, -0.05) is 13.8 Å². The highest BCUT2D eigenvalue weighted by atomic mass is 19.1. The zero-order chi connectivity index (χ0) is 9.84. The molecule has 72 valence electrons. The first-order valence-corrected chi connectivity index (χ1v) is 3.91. The van der Waals surface area contributed by atoms with Gasteiger partial charge < -0.3 is 0 Å². The van der Waals surface area contributed by atoms with E-state index in [0.29, 0.717) is 0 Å². The Morgan fingerprint density at radius 2 is 2.00 bits per heavy atom. The molecule has 0 aliphatic carbocycles. The quantitative estimate of drug-likeness (QED) is 0.740. The van der Waals surface area contributed by atoms with E-state index in [1.807, 2.05) is 0 Å². The van der Waals surface area contributed by atoms with E-state index in [1.54, 1.807) is 13.8 Å². The Morgan fingerprint density at radius 1 is 1.46 bits per heavy atom. The van der Waals surface area contributed by atoms with Crippen molar-refractivity contribution in [1.82, 2.24) is 14.9 Å². The minimum atomic E-state index is -1.51. The molecule has 0 aliphatic rings. The van der Waals surface area contributed by atoms with Gasteiger partial charge in [0.25, 0.3) is 5.91 Å². The predicted octanol–water partition coefficient (Wildman–Crippen LogP) is 0.342. The molecule has 0 bridgehead atoms. The highest BCUT2D eigenvalue weighted by Gasteiger charge is 2.20. The van der Waals surface area contributed by atoms with Crippen molar-refractivity contribution in [2.24, 2.45) is 5.92 Å². The Balaban J connectivity index is 2.51. The fourth-order valence-electron chi connectivity index (χ4n) is 0.750. The van der Waals surface area contributed by atoms with Crippen molar-refractivity contribution in [2.45, 2.75) is 20.0 Å². The maximum atomic E-state index is 13.0. The smallest absolute Gasteiger partial charge is 0.270 e. The van der Waals surface area contributed by atoms with E-state index in [1.165, 1.54) is 17.3 Å². The van der Waals surface area contributed by atoms with Gasteiger partial charge in [0.1, 0.15) is 12.7 Å². The van der Waals surface area contributed by atoms with Crippen LogP contribution in [0.4, 0.5) is 4.39 Å². The summed E-state index contributed by atoms with van der Waals surface area (Å²) in [5.74, 6) is -1.02. The molecule has 0 spiro atoms. The summed E-state index contributed by atoms with van der Waals surface area (Å²) in [6.45, 7) is 3.27. The van der Waals surface area contributed by atoms with Gasteiger partial charge in [-0.3, -0.25) is 10.2 Å². The summed E-state index contributed by atoms with van der Waals surface area (Å²) in [4.78, 5) is 11.1. The molecule has 0 aromatic carbocycles. The summed E-state index contributed by atoms with van der Waals surface area (Å²) in [6.07, 6.45) is 1.05. The van der Waals surface area contributed by atoms with Crippen molar-refractivity contribution in [3.05, 3.63) is 12.7 Å². The molecular weight excluding hydrogens is 175 g/mol. The first kappa shape index (κ1) is 9.63. The number of amides is 1. The maximum Gasteiger partial charge on any atom is 0.273 e. The molecule has 0 radical (unpaired) electrons. The molecule has 1 heterocycles. The lowest BCUT2D eigenvalue weighted by Gasteiger charge is -2.11. The normalized spacial score (nSPS) is 12.9. The van der Waals surface area contributed by atoms with Crippen molar-refractivity contribution in [3.8, 4) is 0 Å². The highest BCUT2D eigenvalue weighted by Crippen LogP contribution is 2.05. The van der Waals surface area contributed by atoms with Crippen LogP contribution in [-0.2, 0) is 4.79 Å². The monoisotopic (exact) mass is 186 g/mol. The number of carbonyl (C=O) groups excluding carboxylic acids is 1. The van der Waals surface area contributed by atoms with Gasteiger partial charge >= 0.3 is 0 Å². The van der Waals surface area contributed by atoms with Crippen molar-refractivity contribution in [3.63, 3.8) is 0 Å². The minimum Gasteiger partial charge on any atom is -0.270 e. The molecule has 1 aromatic heterocycles. The largest absolute Gasteiger partial charge is 0.273 e. The van der Waals surface area contributed by atoms with E-state index >= 15 is 0 Å². The van der Waals surface area contributed by atoms with Crippen molar-refractivity contribution in [1.29, 1.82) is 0 Å². The molecule has 6 heteroatoms. The maximum absolute atomic E-state index is 13.0. The van der Waals surface area contributed by atoms with E-state index in [0.717, 1.165) is 0 Å². The Bertz CT molecular complexity index is 272. The zero-order valence-electron chi connectivity index (χ0n) is 7.44. The average Bonchev–Trinajstić information content (AvgIpc) is 2.55. The molecule has 1 atom stereocenters. The molecule has 0 saturated carbocycles. The van der Waals surface area contributed by atoms with Crippen LogP contribution in [0.5, 0.6) is 0 Å². The van der Waals surface area contributed by atoms with E-state index in [9.17, 15) is 9.18 Å². The molecule has 1 amide bonds. The van der Waals surface area contributed by atoms with Gasteiger partial charge in [0, 0.05) is 0 Å². The fourth-order valence-corrected chi connectivity index (χ4v) is 0.750. The van der Waals surface area contributed by atoms with Crippen LogP contribution in [-0.4, -0.2) is 27.0 Å². The molecular formula is C7H11FN4O. The molecule has 5 nitrogen and oxygen atoms in total. The van der Waals surface area contributed by atoms with Crippen LogP contribution < -0.4 is 5.43 Å². The van der Waals surface area contributed by atoms with Crippen LogP contribution in [0.15, 0.2) is 12.7 Å². The summed E-state index contributed by atoms with van der Waals surface area (Å²) in [5, 5.41) is 6.91. The van der Waals surface area contributed by atoms with Crippen molar-refractivity contribution in [2.75, 3.05) is 5.43 Å². The van der Waals surface area contributed by atoms with Gasteiger partial charge in [-0.2, -0.15) is 0 Å². The summed E-state index contributed by atoms with van der Waals surface area (Å²) < 4.78 is 14.3. The first-order chi connectivity index (χ1) is 6.11. The number of rotatable bonds is 3. The van der Waals surface area contributed by atoms with E-state index in [2.05, 4.69) is 15.6 Å². The molecule has 0 aliphatic heterocycles. The van der Waals surface area contributed by atoms with E-state index in [-0.39, 0.29) is 5.92 Å². The number of alkyl halides is 1. The SMILES string of the molecule is CC(C)C(F)C(=O)Nn1cnnc1. The molecule has 0 saturated heterocycles. The lowest BCUT2D eigenvalue weighted by molar-refractivity contribution is -0.123. The van der Waals surface area contributed by atoms with Crippen molar-refractivity contribution >= 4 is 5.91 Å². The van der Waals surface area contributed by atoms with E-state index in [4.69, 9.17) is 0 Å². The lowest BCUT2D eigenvalue weighted by Crippen LogP contribution is -2.33. The third kappa shape index (κ3) is 2.50. The first-order valence-electron chi connectivity index (χ1n) is 3.91. The van der Waals surface area contributed by atoms with Crippen LogP contribution in [0.25, 0.3) is 0 Å². The Hall–Kier alpha value is -1.46. The Labute approximate surface area is 74.9 Å². The lowest BCUT2D eigenvalue weighted by atomic mass is 10.1. The number of halogens is 1. The second kappa shape index (κ2) is 3.97. The summed E-state index contributed by atoms with van der Waals surface area (Å²) in [5.41, 5.74) is 2.28. The van der Waals surface area contributed by atoms with Gasteiger partial charge in [0.2, 0.25) is 0 Å². The number of hydrogen-bond acceptors (Lipinski definition) is 3. The Kier molecular flexibility index (Phi) is 2.94. The number of nitrogens with zero attached hydrogens (tertiary/aromatic N) is 3. The minimum absolute atomic E-state index is 0.337. The molecule has 1 unspecified atom stereocenters. The predicted molar refractivity (Wildman–Crippen MR) is 44.1 cm³/mol. The second-order valence-corrected chi connectivity index (χ2v) is 2.99. The van der Waals surface area contributed by atoms with Crippen LogP contribution in [0.2, 0.25) is 0 Å². The fraction of sp³-hybridized carbons (Fsp3) is 0.571. The van der Waals surface area contributed by atoms with Crippen LogP contribution in [0.3, 0.4) is 0 Å². The van der Waals surface area contributed by atoms with Gasteiger partial charge in [0.05, 0.1) is 0 Å². The topological polar surface area (TPSA) is 59.8 Å². The standard InChI is InChI=1S/C7H11FN4O/c1-5(2)6(8)7(13)11-12-3-9-10-4-12/h3-6H,1-2H3,(H,11,13). The summed E-state index contributed by atoms with van der Waals surface area (Å²) >= 11 is 0. The van der Waals surface area contributed by atoms with Crippen LogP contribution in [0, 0.1) is 5.92 Å². The molecule has 1 aromatic rings. The number of aromatic nitrogens is 3. The number of carbonyl (C=O) groups is 1. The number of hydrogen-bond donors (Lipinski definition) is 1. The van der Waals surface area contributed by atoms with Gasteiger partial charge in [-0.15, -0.1) is 10.2 Å². The Morgan fingerprint density at radius 3 is 2.46 bits per heavy atom. The van der Waals surface area contributed by atoms with Gasteiger partial charge in [0.15, 0.2) is 6.17 Å². The average molecular weight is 186 g/mol. The zero-order valence-corrected chi connectivity index (χ0v) is 7.44. The molecule has 13 heavy (non-hydrogen) atoms. The molecule has 0 fully saturated rings. The highest BCUT2D eigenvalue weighted by molar-refractivity contribution is 5.87. The summed E-state index contributed by atoms with van der Waals surface area (Å²) in [7, 11) is 0. The summed E-state index contributed by atoms with van der Waals surface area (Å²) in [6, 6.07) is 0.